The van der Waals surface area contributed by atoms with Gasteiger partial charge in [-0.25, -0.2) is 4.39 Å². The number of hydrogen-bond donors (Lipinski definition) is 1. The van der Waals surface area contributed by atoms with Gasteiger partial charge in [-0.2, -0.15) is 0 Å². The minimum Gasteiger partial charge on any atom is -0.384 e. The third-order valence-electron chi connectivity index (χ3n) is 5.53. The summed E-state index contributed by atoms with van der Waals surface area (Å²) in [5.74, 6) is -0.552. The Labute approximate surface area is 165 Å². The molecule has 1 saturated heterocycles. The molecule has 0 amide bonds. The molecule has 0 unspecified atom stereocenters. The molecule has 0 spiro atoms. The van der Waals surface area contributed by atoms with Gasteiger partial charge in [0, 0.05) is 30.6 Å². The lowest BCUT2D eigenvalue weighted by molar-refractivity contribution is -0.0548. The molecule has 0 radical (unpaired) electrons. The van der Waals surface area contributed by atoms with Crippen LogP contribution in [0.15, 0.2) is 48.5 Å². The number of nitrogens with zero attached hydrogens (tertiary/aromatic N) is 1. The van der Waals surface area contributed by atoms with Crippen LogP contribution in [-0.2, 0) is 10.3 Å². The molecule has 2 aromatic carbocycles. The van der Waals surface area contributed by atoms with E-state index in [0.29, 0.717) is 24.8 Å². The van der Waals surface area contributed by atoms with Gasteiger partial charge in [0.2, 0.25) is 0 Å². The highest BCUT2D eigenvalue weighted by Crippen LogP contribution is 2.43. The van der Waals surface area contributed by atoms with E-state index in [0.717, 1.165) is 24.2 Å². The first-order chi connectivity index (χ1) is 12.9. The Hall–Kier alpha value is -1.46. The average molecular weight is 392 g/mol. The van der Waals surface area contributed by atoms with E-state index in [2.05, 4.69) is 4.90 Å². The normalized spacial score (nSPS) is 19.0. The average Bonchev–Trinajstić information content (AvgIpc) is 2.67. The molecule has 146 valence electrons. The molecule has 0 aromatic heterocycles. The number of rotatable bonds is 6. The zero-order valence-corrected chi connectivity index (χ0v) is 16.6. The van der Waals surface area contributed by atoms with Gasteiger partial charge in [0.15, 0.2) is 0 Å². The quantitative estimate of drug-likeness (QED) is 0.790. The molecular weight excluding hydrogens is 365 g/mol. The highest BCUT2D eigenvalue weighted by molar-refractivity contribution is 6.30. The van der Waals surface area contributed by atoms with Gasteiger partial charge >= 0.3 is 0 Å². The van der Waals surface area contributed by atoms with Crippen molar-refractivity contribution < 1.29 is 14.2 Å². The highest BCUT2D eigenvalue weighted by atomic mass is 35.5. The predicted molar refractivity (Wildman–Crippen MR) is 107 cm³/mol. The highest BCUT2D eigenvalue weighted by Gasteiger charge is 2.43. The summed E-state index contributed by atoms with van der Waals surface area (Å²) in [6.07, 6.45) is 0. The van der Waals surface area contributed by atoms with Gasteiger partial charge in [0.1, 0.15) is 5.82 Å². The first kappa shape index (κ1) is 20.3. The summed E-state index contributed by atoms with van der Waals surface area (Å²) in [5, 5.41) is 12.6. The van der Waals surface area contributed by atoms with Crippen molar-refractivity contribution in [2.75, 3.05) is 32.8 Å². The second kappa shape index (κ2) is 8.70. The van der Waals surface area contributed by atoms with Crippen LogP contribution in [0.25, 0.3) is 0 Å². The molecule has 0 aliphatic carbocycles. The molecule has 1 aliphatic heterocycles. The van der Waals surface area contributed by atoms with Crippen LogP contribution in [0.4, 0.5) is 4.39 Å². The molecule has 3 rings (SSSR count). The van der Waals surface area contributed by atoms with Crippen LogP contribution in [0.1, 0.15) is 30.9 Å². The van der Waals surface area contributed by atoms with E-state index in [1.54, 1.807) is 12.1 Å². The van der Waals surface area contributed by atoms with Gasteiger partial charge in [0.05, 0.1) is 18.8 Å². The van der Waals surface area contributed by atoms with Crippen LogP contribution in [0, 0.1) is 11.7 Å². The maximum atomic E-state index is 13.5. The number of morpholine rings is 1. The van der Waals surface area contributed by atoms with E-state index < -0.39 is 5.60 Å². The SMILES string of the molecule is CC(C)[C@@](O)(c1ccc(F)cc1)[C@@H](CN1CCOCC1)c1ccc(Cl)cc1. The van der Waals surface area contributed by atoms with Crippen LogP contribution < -0.4 is 0 Å². The summed E-state index contributed by atoms with van der Waals surface area (Å²) in [5.41, 5.74) is 0.610. The van der Waals surface area contributed by atoms with Crippen LogP contribution in [0.2, 0.25) is 5.02 Å². The Morgan fingerprint density at radius 2 is 1.67 bits per heavy atom. The zero-order chi connectivity index (χ0) is 19.4. The Morgan fingerprint density at radius 3 is 2.22 bits per heavy atom. The third-order valence-corrected chi connectivity index (χ3v) is 5.79. The smallest absolute Gasteiger partial charge is 0.123 e. The predicted octanol–water partition coefficient (Wildman–Crippen LogP) is 4.44. The van der Waals surface area contributed by atoms with Gasteiger partial charge in [-0.1, -0.05) is 49.7 Å². The maximum absolute atomic E-state index is 13.5. The lowest BCUT2D eigenvalue weighted by Gasteiger charge is -2.43. The Bertz CT molecular complexity index is 729. The van der Waals surface area contributed by atoms with E-state index in [9.17, 15) is 9.50 Å². The zero-order valence-electron chi connectivity index (χ0n) is 15.9. The van der Waals surface area contributed by atoms with E-state index in [1.807, 2.05) is 38.1 Å². The summed E-state index contributed by atoms with van der Waals surface area (Å²) < 4.78 is 19.0. The molecule has 1 heterocycles. The minimum absolute atomic E-state index is 0.0651. The van der Waals surface area contributed by atoms with Crippen molar-refractivity contribution in [2.45, 2.75) is 25.4 Å². The fourth-order valence-electron chi connectivity index (χ4n) is 3.89. The first-order valence-electron chi connectivity index (χ1n) is 9.45. The summed E-state index contributed by atoms with van der Waals surface area (Å²) in [7, 11) is 0. The van der Waals surface area contributed by atoms with E-state index in [1.165, 1.54) is 12.1 Å². The Kier molecular flexibility index (Phi) is 6.53. The lowest BCUT2D eigenvalue weighted by atomic mass is 9.70. The van der Waals surface area contributed by atoms with Crippen molar-refractivity contribution in [1.29, 1.82) is 0 Å². The number of aliphatic hydroxyl groups is 1. The van der Waals surface area contributed by atoms with Crippen LogP contribution in [-0.4, -0.2) is 42.9 Å². The fourth-order valence-corrected chi connectivity index (χ4v) is 4.02. The Morgan fingerprint density at radius 1 is 1.07 bits per heavy atom. The van der Waals surface area contributed by atoms with Gasteiger partial charge in [-0.3, -0.25) is 4.90 Å². The molecule has 27 heavy (non-hydrogen) atoms. The van der Waals surface area contributed by atoms with Crippen molar-refractivity contribution in [3.63, 3.8) is 0 Å². The summed E-state index contributed by atoms with van der Waals surface area (Å²) >= 11 is 6.09. The molecule has 2 atom stereocenters. The van der Waals surface area contributed by atoms with Gasteiger partial charge in [0.25, 0.3) is 0 Å². The third kappa shape index (κ3) is 4.52. The maximum Gasteiger partial charge on any atom is 0.123 e. The van der Waals surface area contributed by atoms with Gasteiger partial charge in [-0.15, -0.1) is 0 Å². The molecular formula is C22H27ClFNO2. The molecule has 1 N–H and O–H groups in total. The van der Waals surface area contributed by atoms with Crippen molar-refractivity contribution in [1.82, 2.24) is 4.90 Å². The van der Waals surface area contributed by atoms with Crippen molar-refractivity contribution in [2.24, 2.45) is 5.92 Å². The molecule has 5 heteroatoms. The molecule has 0 bridgehead atoms. The topological polar surface area (TPSA) is 32.7 Å². The van der Waals surface area contributed by atoms with E-state index in [-0.39, 0.29) is 17.7 Å². The molecule has 1 fully saturated rings. The summed E-state index contributed by atoms with van der Waals surface area (Å²) in [4.78, 5) is 2.32. The molecule has 0 saturated carbocycles. The van der Waals surface area contributed by atoms with Crippen LogP contribution in [0.5, 0.6) is 0 Å². The number of ether oxygens (including phenoxy) is 1. The minimum atomic E-state index is -1.14. The van der Waals surface area contributed by atoms with Crippen molar-refractivity contribution in [3.8, 4) is 0 Å². The monoisotopic (exact) mass is 391 g/mol. The van der Waals surface area contributed by atoms with Crippen molar-refractivity contribution >= 4 is 11.6 Å². The first-order valence-corrected chi connectivity index (χ1v) is 9.83. The van der Waals surface area contributed by atoms with E-state index >= 15 is 0 Å². The largest absolute Gasteiger partial charge is 0.384 e. The molecule has 1 aliphatic rings. The summed E-state index contributed by atoms with van der Waals surface area (Å²) in [6.45, 7) is 7.77. The number of hydrogen-bond acceptors (Lipinski definition) is 3. The lowest BCUT2D eigenvalue weighted by Crippen LogP contribution is -2.47. The second-order valence-corrected chi connectivity index (χ2v) is 7.94. The number of halogens is 2. The van der Waals surface area contributed by atoms with Crippen LogP contribution >= 0.6 is 11.6 Å². The Balaban J connectivity index is 2.03. The van der Waals surface area contributed by atoms with Gasteiger partial charge in [-0.05, 0) is 41.3 Å². The van der Waals surface area contributed by atoms with Crippen LogP contribution in [0.3, 0.4) is 0 Å². The van der Waals surface area contributed by atoms with Gasteiger partial charge < -0.3 is 9.84 Å². The second-order valence-electron chi connectivity index (χ2n) is 7.50. The molecule has 3 nitrogen and oxygen atoms in total. The van der Waals surface area contributed by atoms with Crippen molar-refractivity contribution in [3.05, 3.63) is 70.5 Å². The molecule has 2 aromatic rings. The summed E-state index contributed by atoms with van der Waals surface area (Å²) in [6, 6.07) is 13.9. The number of benzene rings is 2. The van der Waals surface area contributed by atoms with E-state index in [4.69, 9.17) is 16.3 Å². The fraction of sp³-hybridized carbons (Fsp3) is 0.455. The standard InChI is InChI=1S/C22H27ClFNO2/c1-16(2)22(26,18-5-9-20(24)10-6-18)21(15-25-11-13-27-14-12-25)17-3-7-19(23)8-4-17/h3-10,16,21,26H,11-15H2,1-2H3/t21-,22+/m0/s1.